The molecular weight excluding hydrogens is 503 g/mol. The second-order valence-corrected chi connectivity index (χ2v) is 9.25. The number of hydrogen-bond donors (Lipinski definition) is 2. The Morgan fingerprint density at radius 3 is 2.44 bits per heavy atom. The number of carboxylic acid groups (broad SMARTS) is 1. The number of rotatable bonds is 4. The van der Waals surface area contributed by atoms with Crippen LogP contribution >= 0.6 is 23.2 Å². The van der Waals surface area contributed by atoms with Crippen molar-refractivity contribution in [3.05, 3.63) is 80.8 Å². The van der Waals surface area contributed by atoms with Crippen LogP contribution in [0.4, 0.5) is 22.1 Å². The monoisotopic (exact) mass is 524 g/mol. The highest BCUT2D eigenvalue weighted by molar-refractivity contribution is 6.37. The van der Waals surface area contributed by atoms with E-state index in [9.17, 15) is 9.59 Å². The standard InChI is InChI=1S/C25H22Cl2N6O3/c1-15-13-16(5-6-21(15)31-9-11-32(12-10-31)25(35)36)29-24-28-14-17-20(30-24)7-8-33(23(17)34)22-18(26)3-2-4-19(22)27/h2-8,13-14H,9-12H2,1H3,(H,35,36)(H,28,29,30). The van der Waals surface area contributed by atoms with E-state index in [2.05, 4.69) is 20.2 Å². The van der Waals surface area contributed by atoms with Crippen molar-refractivity contribution in [1.29, 1.82) is 0 Å². The third kappa shape index (κ3) is 4.55. The van der Waals surface area contributed by atoms with Crippen molar-refractivity contribution in [2.75, 3.05) is 36.4 Å². The molecule has 0 atom stereocenters. The molecule has 184 valence electrons. The van der Waals surface area contributed by atoms with E-state index in [0.29, 0.717) is 58.8 Å². The lowest BCUT2D eigenvalue weighted by Crippen LogP contribution is -2.48. The zero-order valence-electron chi connectivity index (χ0n) is 19.3. The van der Waals surface area contributed by atoms with Crippen LogP contribution in [0.5, 0.6) is 0 Å². The average Bonchev–Trinajstić information content (AvgIpc) is 2.85. The molecule has 0 unspecified atom stereocenters. The van der Waals surface area contributed by atoms with Crippen molar-refractivity contribution in [2.24, 2.45) is 0 Å². The fourth-order valence-electron chi connectivity index (χ4n) is 4.34. The van der Waals surface area contributed by atoms with E-state index in [1.165, 1.54) is 15.7 Å². The molecule has 3 heterocycles. The first-order chi connectivity index (χ1) is 17.3. The molecule has 1 fully saturated rings. The van der Waals surface area contributed by atoms with E-state index in [-0.39, 0.29) is 5.56 Å². The van der Waals surface area contributed by atoms with E-state index >= 15 is 0 Å². The lowest BCUT2D eigenvalue weighted by molar-refractivity contribution is 0.142. The minimum Gasteiger partial charge on any atom is -0.465 e. The molecule has 0 spiro atoms. The van der Waals surface area contributed by atoms with Crippen molar-refractivity contribution >= 4 is 57.5 Å². The summed E-state index contributed by atoms with van der Waals surface area (Å²) in [6.07, 6.45) is 2.20. The van der Waals surface area contributed by atoms with Crippen LogP contribution in [0.3, 0.4) is 0 Å². The second-order valence-electron chi connectivity index (χ2n) is 8.44. The Kier molecular flexibility index (Phi) is 6.42. The summed E-state index contributed by atoms with van der Waals surface area (Å²) in [6.45, 7) is 4.25. The number of carbonyl (C=O) groups is 1. The van der Waals surface area contributed by atoms with Gasteiger partial charge in [0.1, 0.15) is 0 Å². The number of para-hydroxylation sites is 1. The van der Waals surface area contributed by atoms with Gasteiger partial charge < -0.3 is 20.2 Å². The van der Waals surface area contributed by atoms with Gasteiger partial charge in [0.05, 0.1) is 26.6 Å². The van der Waals surface area contributed by atoms with Crippen molar-refractivity contribution in [3.63, 3.8) is 0 Å². The van der Waals surface area contributed by atoms with Crippen molar-refractivity contribution in [3.8, 4) is 5.69 Å². The molecule has 1 saturated heterocycles. The van der Waals surface area contributed by atoms with Gasteiger partial charge in [0.2, 0.25) is 5.95 Å². The third-order valence-corrected chi connectivity index (χ3v) is 6.78. The molecule has 2 aromatic carbocycles. The average molecular weight is 525 g/mol. The second kappa shape index (κ2) is 9.67. The summed E-state index contributed by atoms with van der Waals surface area (Å²) in [6, 6.07) is 12.7. The molecule has 2 N–H and O–H groups in total. The van der Waals surface area contributed by atoms with Crippen molar-refractivity contribution in [1.82, 2.24) is 19.4 Å². The Morgan fingerprint density at radius 2 is 1.78 bits per heavy atom. The summed E-state index contributed by atoms with van der Waals surface area (Å²) < 4.78 is 1.39. The molecule has 0 radical (unpaired) electrons. The van der Waals surface area contributed by atoms with Gasteiger partial charge >= 0.3 is 6.09 Å². The molecule has 4 aromatic rings. The zero-order chi connectivity index (χ0) is 25.4. The quantitative estimate of drug-likeness (QED) is 0.389. The molecule has 1 aliphatic rings. The molecule has 2 aromatic heterocycles. The predicted octanol–water partition coefficient (Wildman–Crippen LogP) is 4.94. The van der Waals surface area contributed by atoms with Gasteiger partial charge in [-0.2, -0.15) is 0 Å². The highest BCUT2D eigenvalue weighted by atomic mass is 35.5. The van der Waals surface area contributed by atoms with Gasteiger partial charge in [-0.1, -0.05) is 29.3 Å². The number of pyridine rings is 1. The molecule has 0 saturated carbocycles. The maximum Gasteiger partial charge on any atom is 0.407 e. The van der Waals surface area contributed by atoms with E-state index < -0.39 is 6.09 Å². The Labute approximate surface area is 216 Å². The molecule has 0 bridgehead atoms. The Balaban J connectivity index is 1.37. The highest BCUT2D eigenvalue weighted by Crippen LogP contribution is 2.28. The fourth-order valence-corrected chi connectivity index (χ4v) is 4.92. The lowest BCUT2D eigenvalue weighted by Gasteiger charge is -2.35. The molecule has 0 aliphatic carbocycles. The Hall–Kier alpha value is -3.82. The summed E-state index contributed by atoms with van der Waals surface area (Å²) in [7, 11) is 0. The van der Waals surface area contributed by atoms with E-state index in [4.69, 9.17) is 28.3 Å². The Morgan fingerprint density at radius 1 is 1.06 bits per heavy atom. The number of halogens is 2. The molecule has 9 nitrogen and oxygen atoms in total. The minimum absolute atomic E-state index is 0.322. The van der Waals surface area contributed by atoms with Gasteiger partial charge in [-0.3, -0.25) is 9.36 Å². The first kappa shape index (κ1) is 23.9. The van der Waals surface area contributed by atoms with Gasteiger partial charge in [-0.15, -0.1) is 0 Å². The van der Waals surface area contributed by atoms with Gasteiger partial charge in [0, 0.05) is 49.9 Å². The van der Waals surface area contributed by atoms with Gasteiger partial charge in [0.25, 0.3) is 5.56 Å². The number of aryl methyl sites for hydroxylation is 1. The molecule has 1 aliphatic heterocycles. The topological polar surface area (TPSA) is 104 Å². The largest absolute Gasteiger partial charge is 0.465 e. The summed E-state index contributed by atoms with van der Waals surface area (Å²) in [5, 5.41) is 13.4. The summed E-state index contributed by atoms with van der Waals surface area (Å²) in [5.41, 5.74) is 3.48. The first-order valence-corrected chi connectivity index (χ1v) is 12.0. The molecular formula is C25H22Cl2N6O3. The highest BCUT2D eigenvalue weighted by Gasteiger charge is 2.21. The van der Waals surface area contributed by atoms with Crippen LogP contribution in [-0.2, 0) is 0 Å². The van der Waals surface area contributed by atoms with Crippen LogP contribution in [0.2, 0.25) is 10.0 Å². The van der Waals surface area contributed by atoms with E-state index in [0.717, 1.165) is 16.9 Å². The smallest absolute Gasteiger partial charge is 0.407 e. The van der Waals surface area contributed by atoms with Gasteiger partial charge in [0.15, 0.2) is 0 Å². The normalized spacial score (nSPS) is 13.8. The van der Waals surface area contributed by atoms with Crippen LogP contribution in [0, 0.1) is 6.92 Å². The molecule has 36 heavy (non-hydrogen) atoms. The number of anilines is 3. The number of aromatic nitrogens is 3. The maximum atomic E-state index is 13.1. The van der Waals surface area contributed by atoms with Crippen molar-refractivity contribution < 1.29 is 9.90 Å². The summed E-state index contributed by atoms with van der Waals surface area (Å²) in [4.78, 5) is 36.7. The zero-order valence-corrected chi connectivity index (χ0v) is 20.8. The number of fused-ring (bicyclic) bond motifs is 1. The molecule has 1 amide bonds. The van der Waals surface area contributed by atoms with Crippen molar-refractivity contribution in [2.45, 2.75) is 6.92 Å². The van der Waals surface area contributed by atoms with Crippen LogP contribution in [0.25, 0.3) is 16.6 Å². The maximum absolute atomic E-state index is 13.1. The van der Waals surface area contributed by atoms with Crippen LogP contribution in [0.1, 0.15) is 5.56 Å². The van der Waals surface area contributed by atoms with E-state index in [1.807, 2.05) is 25.1 Å². The summed E-state index contributed by atoms with van der Waals surface area (Å²) >= 11 is 12.6. The number of nitrogens with one attached hydrogen (secondary N) is 1. The minimum atomic E-state index is -0.882. The predicted molar refractivity (Wildman–Crippen MR) is 141 cm³/mol. The number of amides is 1. The van der Waals surface area contributed by atoms with Crippen LogP contribution in [-0.4, -0.2) is 56.8 Å². The number of hydrogen-bond acceptors (Lipinski definition) is 6. The number of piperazine rings is 1. The first-order valence-electron chi connectivity index (χ1n) is 11.2. The molecule has 11 heteroatoms. The fraction of sp³-hybridized carbons (Fsp3) is 0.200. The van der Waals surface area contributed by atoms with E-state index in [1.54, 1.807) is 30.5 Å². The van der Waals surface area contributed by atoms with Gasteiger partial charge in [-0.05, 0) is 48.9 Å². The lowest BCUT2D eigenvalue weighted by atomic mass is 10.1. The SMILES string of the molecule is Cc1cc(Nc2ncc3c(=O)n(-c4c(Cl)cccc4Cl)ccc3n2)ccc1N1CCN(C(=O)O)CC1. The van der Waals surface area contributed by atoms with Crippen LogP contribution < -0.4 is 15.8 Å². The van der Waals surface area contributed by atoms with Gasteiger partial charge in [-0.25, -0.2) is 14.8 Å². The van der Waals surface area contributed by atoms with Crippen LogP contribution in [0.15, 0.2) is 59.7 Å². The third-order valence-electron chi connectivity index (χ3n) is 6.17. The number of benzene rings is 2. The number of nitrogens with zero attached hydrogens (tertiary/aromatic N) is 5. The molecule has 5 rings (SSSR count). The summed E-state index contributed by atoms with van der Waals surface area (Å²) in [5.74, 6) is 0.359. The Bertz CT molecular complexity index is 1510.